The van der Waals surface area contributed by atoms with Gasteiger partial charge in [0.2, 0.25) is 0 Å². The molecule has 0 amide bonds. The molecule has 0 radical (unpaired) electrons. The van der Waals surface area contributed by atoms with E-state index in [9.17, 15) is 29.3 Å². The van der Waals surface area contributed by atoms with Gasteiger partial charge >= 0.3 is 16.2 Å². The van der Waals surface area contributed by atoms with Gasteiger partial charge in [0.1, 0.15) is 17.0 Å². The average Bonchev–Trinajstić information content (AvgIpc) is 3.05. The summed E-state index contributed by atoms with van der Waals surface area (Å²) >= 11 is 0. The predicted molar refractivity (Wildman–Crippen MR) is 101 cm³/mol. The number of nitrogens with zero attached hydrogens (tertiary/aromatic N) is 4. The number of benzene rings is 1. The second-order valence-corrected chi connectivity index (χ2v) is 10.1. The highest BCUT2D eigenvalue weighted by Gasteiger charge is 2.65. The van der Waals surface area contributed by atoms with E-state index in [4.69, 9.17) is 0 Å². The summed E-state index contributed by atoms with van der Waals surface area (Å²) in [6.07, 6.45) is 1.21. The fourth-order valence-corrected chi connectivity index (χ4v) is 3.30. The van der Waals surface area contributed by atoms with Gasteiger partial charge in [-0.15, -0.1) is 0 Å². The van der Waals surface area contributed by atoms with Gasteiger partial charge in [0, 0.05) is 11.5 Å². The number of carbonyl (C=O) groups is 1. The van der Waals surface area contributed by atoms with Crippen LogP contribution in [-0.2, 0) is 10.2 Å². The van der Waals surface area contributed by atoms with Crippen molar-refractivity contribution in [2.75, 3.05) is 5.32 Å². The number of aliphatic carboxylic acids is 1. The zero-order chi connectivity index (χ0) is 22.6. The van der Waals surface area contributed by atoms with Crippen LogP contribution in [0.15, 0.2) is 41.6 Å². The number of hydrogen-bond acceptors (Lipinski definition) is 5. The first kappa shape index (κ1) is 21.7. The molecule has 0 spiro atoms. The molecule has 3 rings (SSSR count). The van der Waals surface area contributed by atoms with Crippen LogP contribution in [0.2, 0.25) is 0 Å². The third-order valence-corrected chi connectivity index (χ3v) is 5.38. The Kier molecular flexibility index (Phi) is 4.37. The Morgan fingerprint density at radius 2 is 1.73 bits per heavy atom. The number of hydrogen-bond donors (Lipinski definition) is 2. The quantitative estimate of drug-likeness (QED) is 0.511. The van der Waals surface area contributed by atoms with E-state index in [0.29, 0.717) is 17.8 Å². The predicted octanol–water partition coefficient (Wildman–Crippen LogP) is 5.32. The summed E-state index contributed by atoms with van der Waals surface area (Å²) in [6.45, 7) is 5.62. The minimum Gasteiger partial charge on any atom is -0.479 e. The molecule has 1 aromatic carbocycles. The maximum absolute atomic E-state index is 12.9. The third-order valence-electron chi connectivity index (χ3n) is 4.22. The van der Waals surface area contributed by atoms with Crippen molar-refractivity contribution in [3.05, 3.63) is 47.9 Å². The van der Waals surface area contributed by atoms with Gasteiger partial charge < -0.3 is 10.4 Å². The van der Waals surface area contributed by atoms with Crippen LogP contribution >= 0.6 is 10.2 Å². The van der Waals surface area contributed by atoms with Crippen LogP contribution in [0.4, 0.5) is 25.2 Å². The van der Waals surface area contributed by atoms with E-state index >= 15 is 0 Å². The van der Waals surface area contributed by atoms with E-state index in [1.165, 1.54) is 10.8 Å². The third kappa shape index (κ3) is 4.45. The van der Waals surface area contributed by atoms with Gasteiger partial charge in [0.15, 0.2) is 6.04 Å². The summed E-state index contributed by atoms with van der Waals surface area (Å²) in [4.78, 5) is 18.0. The molecule has 2 heterocycles. The molecule has 0 aliphatic heterocycles. The minimum atomic E-state index is -9.86. The van der Waals surface area contributed by atoms with Crippen molar-refractivity contribution in [3.63, 3.8) is 0 Å². The number of rotatable bonds is 5. The standard InChI is InChI=1S/C17H18F5N5O2S/c1-17(2,3)12-8-13(27-16(25-12)23-9-24-27)26-14(15(28)29)10-4-6-11(7-5-10)30(18,19,20,21)22/h4-9,14,26H,1-3H3,(H,28,29). The number of carboxylic acids is 1. The first-order valence-corrected chi connectivity index (χ1v) is 10.5. The van der Waals surface area contributed by atoms with Crippen LogP contribution < -0.4 is 5.32 Å². The summed E-state index contributed by atoms with van der Waals surface area (Å²) < 4.78 is 65.8. The number of anilines is 1. The van der Waals surface area contributed by atoms with Gasteiger partial charge in [-0.3, -0.25) is 0 Å². The lowest BCUT2D eigenvalue weighted by Gasteiger charge is -2.40. The number of nitrogens with one attached hydrogen (secondary N) is 1. The van der Waals surface area contributed by atoms with Crippen LogP contribution in [0.1, 0.15) is 38.1 Å². The highest BCUT2D eigenvalue weighted by molar-refractivity contribution is 8.45. The Labute approximate surface area is 167 Å². The van der Waals surface area contributed by atoms with Gasteiger partial charge in [-0.25, -0.2) is 9.78 Å². The van der Waals surface area contributed by atoms with Gasteiger partial charge in [0.25, 0.3) is 5.78 Å². The molecule has 0 saturated heterocycles. The highest BCUT2D eigenvalue weighted by atomic mass is 32.5. The lowest BCUT2D eigenvalue weighted by molar-refractivity contribution is -0.138. The molecule has 30 heavy (non-hydrogen) atoms. The molecule has 0 saturated carbocycles. The van der Waals surface area contributed by atoms with Gasteiger partial charge in [-0.1, -0.05) is 52.3 Å². The van der Waals surface area contributed by atoms with E-state index < -0.39 is 32.5 Å². The molecule has 13 heteroatoms. The van der Waals surface area contributed by atoms with Crippen molar-refractivity contribution in [1.82, 2.24) is 19.6 Å². The molecular formula is C17H18F5N5O2S. The Hall–Kier alpha value is -2.96. The van der Waals surface area contributed by atoms with Crippen LogP contribution in [0.3, 0.4) is 0 Å². The SMILES string of the molecule is CC(C)(C)c1cc(NC(C(=O)O)c2ccc(S(F)(F)(F)(F)F)cc2)n2ncnc2n1. The number of aromatic nitrogens is 4. The van der Waals surface area contributed by atoms with Crippen LogP contribution in [0.25, 0.3) is 5.78 Å². The highest BCUT2D eigenvalue weighted by Crippen LogP contribution is 3.02. The molecule has 164 valence electrons. The zero-order valence-electron chi connectivity index (χ0n) is 16.0. The Morgan fingerprint density at radius 3 is 2.23 bits per heavy atom. The minimum absolute atomic E-state index is 0.157. The first-order chi connectivity index (χ1) is 13.5. The Morgan fingerprint density at radius 1 is 1.13 bits per heavy atom. The molecule has 1 unspecified atom stereocenters. The summed E-state index contributed by atoms with van der Waals surface area (Å²) in [5.41, 5.74) is -0.0205. The van der Waals surface area contributed by atoms with Crippen LogP contribution in [0.5, 0.6) is 0 Å². The summed E-state index contributed by atoms with van der Waals surface area (Å²) in [6, 6.07) is 1.74. The molecule has 0 bridgehead atoms. The second kappa shape index (κ2) is 6.03. The smallest absolute Gasteiger partial charge is 0.330 e. The second-order valence-electron chi connectivity index (χ2n) is 7.70. The van der Waals surface area contributed by atoms with E-state index in [2.05, 4.69) is 20.4 Å². The Bertz CT molecular complexity index is 1120. The molecule has 0 fully saturated rings. The molecule has 0 aliphatic rings. The monoisotopic (exact) mass is 451 g/mol. The van der Waals surface area contributed by atoms with E-state index in [1.807, 2.05) is 20.8 Å². The van der Waals surface area contributed by atoms with Gasteiger partial charge in [0.05, 0.1) is 5.69 Å². The lowest BCUT2D eigenvalue weighted by Crippen LogP contribution is -2.23. The zero-order valence-corrected chi connectivity index (χ0v) is 16.8. The van der Waals surface area contributed by atoms with Crippen LogP contribution in [-0.4, -0.2) is 30.7 Å². The molecule has 1 atom stereocenters. The summed E-state index contributed by atoms with van der Waals surface area (Å²) in [7, 11) is -9.86. The normalized spacial score (nSPS) is 16.0. The van der Waals surface area contributed by atoms with Crippen molar-refractivity contribution in [2.24, 2.45) is 0 Å². The molecular weight excluding hydrogens is 433 g/mol. The lowest BCUT2D eigenvalue weighted by atomic mass is 9.92. The molecule has 0 aliphatic carbocycles. The number of fused-ring (bicyclic) bond motifs is 1. The molecule has 2 N–H and O–H groups in total. The van der Waals surface area contributed by atoms with Crippen molar-refractivity contribution in [1.29, 1.82) is 0 Å². The molecule has 2 aromatic heterocycles. The van der Waals surface area contributed by atoms with E-state index in [0.717, 1.165) is 0 Å². The van der Waals surface area contributed by atoms with Crippen molar-refractivity contribution >= 4 is 27.8 Å². The van der Waals surface area contributed by atoms with Crippen molar-refractivity contribution in [3.8, 4) is 0 Å². The topological polar surface area (TPSA) is 92.4 Å². The number of halogens is 5. The van der Waals surface area contributed by atoms with Gasteiger partial charge in [-0.2, -0.15) is 14.6 Å². The first-order valence-electron chi connectivity index (χ1n) is 8.50. The fourth-order valence-electron chi connectivity index (χ4n) is 2.65. The average molecular weight is 451 g/mol. The maximum atomic E-state index is 12.9. The van der Waals surface area contributed by atoms with Crippen molar-refractivity contribution in [2.45, 2.75) is 37.1 Å². The molecule has 7 nitrogen and oxygen atoms in total. The van der Waals surface area contributed by atoms with Crippen LogP contribution in [0, 0.1) is 0 Å². The molecule has 3 aromatic rings. The van der Waals surface area contributed by atoms with Gasteiger partial charge in [-0.05, 0) is 17.7 Å². The Balaban J connectivity index is 2.04. The summed E-state index contributed by atoms with van der Waals surface area (Å²) in [5.74, 6) is -1.07. The maximum Gasteiger partial charge on any atom is 0.330 e. The van der Waals surface area contributed by atoms with E-state index in [1.54, 1.807) is 6.07 Å². The van der Waals surface area contributed by atoms with E-state index in [-0.39, 0.29) is 29.3 Å². The fraction of sp³-hybridized carbons (Fsp3) is 0.294. The van der Waals surface area contributed by atoms with Crippen molar-refractivity contribution < 1.29 is 29.3 Å². The largest absolute Gasteiger partial charge is 0.479 e. The number of carboxylic acid groups (broad SMARTS) is 1. The summed E-state index contributed by atoms with van der Waals surface area (Å²) in [5, 5.41) is 16.2.